The molecule has 1 aliphatic heterocycles. The second-order valence-corrected chi connectivity index (χ2v) is 6.54. The molecule has 3 amide bonds. The zero-order valence-electron chi connectivity index (χ0n) is 13.5. The second-order valence-electron chi connectivity index (χ2n) is 6.54. The number of urea groups is 1. The third-order valence-electron chi connectivity index (χ3n) is 3.12. The first-order valence-electron chi connectivity index (χ1n) is 7.43. The summed E-state index contributed by atoms with van der Waals surface area (Å²) in [4.78, 5) is 27.4. The van der Waals surface area contributed by atoms with Crippen molar-refractivity contribution in [3.05, 3.63) is 0 Å². The summed E-state index contributed by atoms with van der Waals surface area (Å²) in [6.07, 6.45) is 0. The Morgan fingerprint density at radius 3 is 2.14 bits per heavy atom. The quantitative estimate of drug-likeness (QED) is 0.644. The number of amides is 3. The van der Waals surface area contributed by atoms with Crippen LogP contribution < -0.4 is 10.6 Å². The predicted octanol–water partition coefficient (Wildman–Crippen LogP) is -0.391. The first kappa shape index (κ1) is 17.9. The van der Waals surface area contributed by atoms with Crippen LogP contribution in [0.2, 0.25) is 0 Å². The van der Waals surface area contributed by atoms with Gasteiger partial charge in [-0.15, -0.1) is 0 Å². The number of nitrogens with zero attached hydrogens (tertiary/aromatic N) is 2. The number of carbonyl (C=O) groups is 2. The standard InChI is InChI=1S/C14H28N4O3/c1-11(2)15-13(20)16-12(19)9-17-5-7-18(8-6-17)10-14(3,4)21/h11,21H,5-10H2,1-4H3,(H2,15,16,19,20). The third-order valence-corrected chi connectivity index (χ3v) is 3.12. The molecular weight excluding hydrogens is 272 g/mol. The van der Waals surface area contributed by atoms with Crippen molar-refractivity contribution in [1.82, 2.24) is 20.4 Å². The van der Waals surface area contributed by atoms with Crippen LogP contribution in [0.4, 0.5) is 4.79 Å². The Hall–Kier alpha value is -1.18. The van der Waals surface area contributed by atoms with Crippen LogP contribution in [-0.2, 0) is 4.79 Å². The molecule has 1 rings (SSSR count). The number of carbonyl (C=O) groups excluding carboxylic acids is 2. The highest BCUT2D eigenvalue weighted by atomic mass is 16.3. The number of hydrogen-bond donors (Lipinski definition) is 3. The largest absolute Gasteiger partial charge is 0.389 e. The van der Waals surface area contributed by atoms with Crippen molar-refractivity contribution in [2.75, 3.05) is 39.3 Å². The maximum atomic E-state index is 11.7. The average molecular weight is 300 g/mol. The van der Waals surface area contributed by atoms with Crippen molar-refractivity contribution in [2.45, 2.75) is 39.3 Å². The molecule has 0 aliphatic carbocycles. The average Bonchev–Trinajstić information content (AvgIpc) is 2.28. The van der Waals surface area contributed by atoms with Crippen LogP contribution in [-0.4, -0.2) is 77.8 Å². The van der Waals surface area contributed by atoms with Crippen molar-refractivity contribution in [3.8, 4) is 0 Å². The molecule has 122 valence electrons. The molecule has 0 unspecified atom stereocenters. The molecule has 0 aromatic rings. The molecule has 1 aliphatic rings. The molecule has 0 aromatic carbocycles. The molecule has 0 spiro atoms. The van der Waals surface area contributed by atoms with Crippen molar-refractivity contribution < 1.29 is 14.7 Å². The van der Waals surface area contributed by atoms with Gasteiger partial charge in [-0.2, -0.15) is 0 Å². The van der Waals surface area contributed by atoms with Crippen LogP contribution in [0.3, 0.4) is 0 Å². The van der Waals surface area contributed by atoms with Crippen LogP contribution in [0.5, 0.6) is 0 Å². The van der Waals surface area contributed by atoms with Gasteiger partial charge in [0.1, 0.15) is 0 Å². The molecule has 7 heteroatoms. The molecular formula is C14H28N4O3. The van der Waals surface area contributed by atoms with Gasteiger partial charge in [0.05, 0.1) is 12.1 Å². The zero-order valence-corrected chi connectivity index (χ0v) is 13.5. The molecule has 7 nitrogen and oxygen atoms in total. The van der Waals surface area contributed by atoms with Gasteiger partial charge in [0.2, 0.25) is 5.91 Å². The van der Waals surface area contributed by atoms with Crippen LogP contribution in [0, 0.1) is 0 Å². The summed E-state index contributed by atoms with van der Waals surface area (Å²) in [5.41, 5.74) is -0.700. The lowest BCUT2D eigenvalue weighted by Crippen LogP contribution is -2.53. The van der Waals surface area contributed by atoms with E-state index < -0.39 is 11.6 Å². The predicted molar refractivity (Wildman–Crippen MR) is 81.0 cm³/mol. The van der Waals surface area contributed by atoms with Crippen molar-refractivity contribution >= 4 is 11.9 Å². The van der Waals surface area contributed by atoms with Crippen molar-refractivity contribution in [3.63, 3.8) is 0 Å². The SMILES string of the molecule is CC(C)NC(=O)NC(=O)CN1CCN(CC(C)(C)O)CC1. The number of β-amino-alcohol motifs (C(OH)–C–C–N with tert-alkyl or cyclic N) is 1. The third kappa shape index (κ3) is 7.99. The highest BCUT2D eigenvalue weighted by molar-refractivity contribution is 5.95. The van der Waals surface area contributed by atoms with E-state index in [9.17, 15) is 14.7 Å². The number of imide groups is 1. The van der Waals surface area contributed by atoms with E-state index in [-0.39, 0.29) is 18.5 Å². The molecule has 0 bridgehead atoms. The van der Waals surface area contributed by atoms with Gasteiger partial charge in [0.25, 0.3) is 0 Å². The molecule has 1 heterocycles. The molecule has 0 saturated carbocycles. The van der Waals surface area contributed by atoms with Crippen LogP contribution in [0.15, 0.2) is 0 Å². The van der Waals surface area contributed by atoms with E-state index in [0.29, 0.717) is 6.54 Å². The van der Waals surface area contributed by atoms with E-state index in [1.54, 1.807) is 13.8 Å². The molecule has 1 saturated heterocycles. The summed E-state index contributed by atoms with van der Waals surface area (Å²) in [5.74, 6) is -0.288. The summed E-state index contributed by atoms with van der Waals surface area (Å²) in [5, 5.41) is 14.7. The van der Waals surface area contributed by atoms with Gasteiger partial charge < -0.3 is 10.4 Å². The lowest BCUT2D eigenvalue weighted by Gasteiger charge is -2.36. The monoisotopic (exact) mass is 300 g/mol. The first-order valence-corrected chi connectivity index (χ1v) is 7.43. The molecule has 0 aromatic heterocycles. The van der Waals surface area contributed by atoms with E-state index in [1.807, 2.05) is 18.7 Å². The maximum absolute atomic E-state index is 11.7. The molecule has 3 N–H and O–H groups in total. The van der Waals surface area contributed by atoms with Gasteiger partial charge in [-0.1, -0.05) is 0 Å². The molecule has 0 atom stereocenters. The van der Waals surface area contributed by atoms with Gasteiger partial charge in [0, 0.05) is 38.8 Å². The first-order chi connectivity index (χ1) is 9.65. The Balaban J connectivity index is 2.26. The lowest BCUT2D eigenvalue weighted by molar-refractivity contribution is -0.121. The Morgan fingerprint density at radius 1 is 1.14 bits per heavy atom. The Labute approximate surface area is 126 Å². The van der Waals surface area contributed by atoms with Crippen LogP contribution in [0.1, 0.15) is 27.7 Å². The number of piperazine rings is 1. The lowest BCUT2D eigenvalue weighted by atomic mass is 10.1. The molecule has 21 heavy (non-hydrogen) atoms. The van der Waals surface area contributed by atoms with Gasteiger partial charge in [0.15, 0.2) is 0 Å². The Bertz CT molecular complexity index is 358. The van der Waals surface area contributed by atoms with Gasteiger partial charge in [-0.3, -0.25) is 19.9 Å². The van der Waals surface area contributed by atoms with Gasteiger partial charge in [-0.05, 0) is 27.7 Å². The Kier molecular flexibility index (Phi) is 6.57. The second kappa shape index (κ2) is 7.72. The fourth-order valence-electron chi connectivity index (χ4n) is 2.32. The topological polar surface area (TPSA) is 84.9 Å². The maximum Gasteiger partial charge on any atom is 0.321 e. The molecule has 1 fully saturated rings. The summed E-state index contributed by atoms with van der Waals surface area (Å²) < 4.78 is 0. The normalized spacial score (nSPS) is 17.8. The van der Waals surface area contributed by atoms with E-state index in [4.69, 9.17) is 0 Å². The van der Waals surface area contributed by atoms with Gasteiger partial charge in [-0.25, -0.2) is 4.79 Å². The summed E-state index contributed by atoms with van der Waals surface area (Å²) in [7, 11) is 0. The van der Waals surface area contributed by atoms with Crippen molar-refractivity contribution in [1.29, 1.82) is 0 Å². The number of aliphatic hydroxyl groups is 1. The number of nitrogens with one attached hydrogen (secondary N) is 2. The summed E-state index contributed by atoms with van der Waals surface area (Å²) in [6.45, 7) is 11.3. The van der Waals surface area contributed by atoms with Gasteiger partial charge >= 0.3 is 6.03 Å². The minimum absolute atomic E-state index is 0.00295. The smallest absolute Gasteiger partial charge is 0.321 e. The fourth-order valence-corrected chi connectivity index (χ4v) is 2.32. The summed E-state index contributed by atoms with van der Waals surface area (Å²) >= 11 is 0. The van der Waals surface area contributed by atoms with Crippen LogP contribution in [0.25, 0.3) is 0 Å². The van der Waals surface area contributed by atoms with Crippen LogP contribution >= 0.6 is 0 Å². The zero-order chi connectivity index (χ0) is 16.0. The van der Waals surface area contributed by atoms with E-state index in [2.05, 4.69) is 15.5 Å². The fraction of sp³-hybridized carbons (Fsp3) is 0.857. The molecule has 0 radical (unpaired) electrons. The van der Waals surface area contributed by atoms with E-state index >= 15 is 0 Å². The van der Waals surface area contributed by atoms with E-state index in [0.717, 1.165) is 26.2 Å². The highest BCUT2D eigenvalue weighted by Gasteiger charge is 2.23. The number of rotatable bonds is 5. The van der Waals surface area contributed by atoms with Crippen molar-refractivity contribution in [2.24, 2.45) is 0 Å². The minimum Gasteiger partial charge on any atom is -0.389 e. The highest BCUT2D eigenvalue weighted by Crippen LogP contribution is 2.08. The Morgan fingerprint density at radius 2 is 1.67 bits per heavy atom. The van der Waals surface area contributed by atoms with E-state index in [1.165, 1.54) is 0 Å². The minimum atomic E-state index is -0.700. The summed E-state index contributed by atoms with van der Waals surface area (Å²) in [6, 6.07) is -0.446. The number of hydrogen-bond acceptors (Lipinski definition) is 5.